The maximum Gasteiger partial charge on any atom is 0.335 e. The van der Waals surface area contributed by atoms with Gasteiger partial charge in [0, 0.05) is 13.1 Å². The SMILES string of the molecule is CCCN(CCC)S(=O)(=O)Nc1ccc(C(=O)O)cc1F. The number of anilines is 1. The average molecular weight is 318 g/mol. The zero-order chi connectivity index (χ0) is 16.0. The topological polar surface area (TPSA) is 86.7 Å². The van der Waals surface area contributed by atoms with Crippen LogP contribution in [0.2, 0.25) is 0 Å². The molecule has 1 aromatic carbocycles. The first-order valence-corrected chi connectivity index (χ1v) is 8.06. The Balaban J connectivity index is 3.00. The van der Waals surface area contributed by atoms with Crippen molar-refractivity contribution in [2.24, 2.45) is 0 Å². The third kappa shape index (κ3) is 4.68. The Morgan fingerprint density at radius 3 is 2.29 bits per heavy atom. The van der Waals surface area contributed by atoms with Gasteiger partial charge >= 0.3 is 16.2 Å². The molecule has 0 saturated heterocycles. The molecular weight excluding hydrogens is 299 g/mol. The largest absolute Gasteiger partial charge is 0.478 e. The van der Waals surface area contributed by atoms with Crippen molar-refractivity contribution in [1.82, 2.24) is 4.31 Å². The molecule has 0 aromatic heterocycles. The minimum Gasteiger partial charge on any atom is -0.478 e. The van der Waals surface area contributed by atoms with Crippen LogP contribution in [-0.2, 0) is 10.2 Å². The second kappa shape index (κ2) is 7.37. The first-order chi connectivity index (χ1) is 9.81. The predicted molar refractivity (Wildman–Crippen MR) is 78.1 cm³/mol. The maximum absolute atomic E-state index is 13.8. The van der Waals surface area contributed by atoms with E-state index in [1.165, 1.54) is 4.31 Å². The Morgan fingerprint density at radius 2 is 1.86 bits per heavy atom. The van der Waals surface area contributed by atoms with Gasteiger partial charge in [-0.15, -0.1) is 0 Å². The summed E-state index contributed by atoms with van der Waals surface area (Å²) in [6.45, 7) is 4.36. The summed E-state index contributed by atoms with van der Waals surface area (Å²) >= 11 is 0. The van der Waals surface area contributed by atoms with Gasteiger partial charge in [-0.05, 0) is 31.0 Å². The number of hydrogen-bond acceptors (Lipinski definition) is 3. The van der Waals surface area contributed by atoms with Crippen LogP contribution in [0.15, 0.2) is 18.2 Å². The van der Waals surface area contributed by atoms with E-state index in [4.69, 9.17) is 5.11 Å². The molecule has 0 atom stereocenters. The van der Waals surface area contributed by atoms with E-state index in [1.807, 2.05) is 13.8 Å². The van der Waals surface area contributed by atoms with Crippen LogP contribution in [0, 0.1) is 5.82 Å². The molecule has 0 saturated carbocycles. The number of carboxylic acid groups (broad SMARTS) is 1. The molecule has 0 fully saturated rings. The van der Waals surface area contributed by atoms with Gasteiger partial charge in [0.2, 0.25) is 0 Å². The summed E-state index contributed by atoms with van der Waals surface area (Å²) in [6, 6.07) is 3.03. The molecule has 1 rings (SSSR count). The van der Waals surface area contributed by atoms with Gasteiger partial charge in [-0.2, -0.15) is 12.7 Å². The van der Waals surface area contributed by atoms with E-state index < -0.39 is 22.0 Å². The van der Waals surface area contributed by atoms with Crippen LogP contribution in [-0.4, -0.2) is 36.9 Å². The van der Waals surface area contributed by atoms with Gasteiger partial charge in [0.25, 0.3) is 0 Å². The van der Waals surface area contributed by atoms with Crippen molar-refractivity contribution >= 4 is 21.9 Å². The minimum absolute atomic E-state index is 0.241. The number of benzene rings is 1. The van der Waals surface area contributed by atoms with Gasteiger partial charge in [0.05, 0.1) is 11.3 Å². The van der Waals surface area contributed by atoms with Crippen molar-refractivity contribution < 1.29 is 22.7 Å². The number of carbonyl (C=O) groups is 1. The van der Waals surface area contributed by atoms with E-state index in [9.17, 15) is 17.6 Å². The molecule has 0 radical (unpaired) electrons. The van der Waals surface area contributed by atoms with E-state index in [2.05, 4.69) is 4.72 Å². The third-order valence-electron chi connectivity index (χ3n) is 2.74. The summed E-state index contributed by atoms with van der Waals surface area (Å²) in [5.74, 6) is -2.20. The highest BCUT2D eigenvalue weighted by Gasteiger charge is 2.22. The van der Waals surface area contributed by atoms with Crippen LogP contribution >= 0.6 is 0 Å². The van der Waals surface area contributed by atoms with E-state index in [-0.39, 0.29) is 11.3 Å². The quantitative estimate of drug-likeness (QED) is 0.770. The normalized spacial score (nSPS) is 11.6. The molecule has 0 spiro atoms. The average Bonchev–Trinajstić information content (AvgIpc) is 2.40. The first kappa shape index (κ1) is 17.4. The first-order valence-electron chi connectivity index (χ1n) is 6.62. The standard InChI is InChI=1S/C13H19FN2O4S/c1-3-7-16(8-4-2)21(19,20)15-12-6-5-10(13(17)18)9-11(12)14/h5-6,9,15H,3-4,7-8H2,1-2H3,(H,17,18). The van der Waals surface area contributed by atoms with Crippen molar-refractivity contribution in [2.75, 3.05) is 17.8 Å². The molecule has 118 valence electrons. The Hall–Kier alpha value is -1.67. The van der Waals surface area contributed by atoms with Gasteiger partial charge in [0.1, 0.15) is 5.82 Å². The summed E-state index contributed by atoms with van der Waals surface area (Å²) in [7, 11) is -3.86. The fourth-order valence-electron chi connectivity index (χ4n) is 1.79. The van der Waals surface area contributed by atoms with Gasteiger partial charge in [0.15, 0.2) is 0 Å². The molecule has 0 aliphatic heterocycles. The number of nitrogens with zero attached hydrogens (tertiary/aromatic N) is 1. The van der Waals surface area contributed by atoms with Crippen LogP contribution in [0.1, 0.15) is 37.0 Å². The second-order valence-corrected chi connectivity index (χ2v) is 6.18. The van der Waals surface area contributed by atoms with Gasteiger partial charge < -0.3 is 5.11 Å². The van der Waals surface area contributed by atoms with Crippen molar-refractivity contribution in [1.29, 1.82) is 0 Å². The molecule has 8 heteroatoms. The van der Waals surface area contributed by atoms with Gasteiger partial charge in [-0.3, -0.25) is 4.72 Å². The van der Waals surface area contributed by atoms with Crippen molar-refractivity contribution in [3.8, 4) is 0 Å². The Bertz CT molecular complexity index is 598. The zero-order valence-electron chi connectivity index (χ0n) is 12.0. The molecular formula is C13H19FN2O4S. The van der Waals surface area contributed by atoms with Crippen molar-refractivity contribution in [3.63, 3.8) is 0 Å². The number of hydrogen-bond donors (Lipinski definition) is 2. The van der Waals surface area contributed by atoms with Crippen LogP contribution in [0.25, 0.3) is 0 Å². The number of carboxylic acids is 1. The van der Waals surface area contributed by atoms with Gasteiger partial charge in [-0.1, -0.05) is 13.8 Å². The molecule has 2 N–H and O–H groups in total. The summed E-state index contributed by atoms with van der Waals surface area (Å²) in [4.78, 5) is 10.7. The molecule has 6 nitrogen and oxygen atoms in total. The lowest BCUT2D eigenvalue weighted by molar-refractivity contribution is 0.0696. The number of nitrogens with one attached hydrogen (secondary N) is 1. The molecule has 0 bridgehead atoms. The second-order valence-electron chi connectivity index (χ2n) is 4.51. The monoisotopic (exact) mass is 318 g/mol. The lowest BCUT2D eigenvalue weighted by Crippen LogP contribution is -2.37. The van der Waals surface area contributed by atoms with Crippen molar-refractivity contribution in [2.45, 2.75) is 26.7 Å². The smallest absolute Gasteiger partial charge is 0.335 e. The van der Waals surface area contributed by atoms with E-state index >= 15 is 0 Å². The molecule has 1 aromatic rings. The van der Waals surface area contributed by atoms with Crippen LogP contribution < -0.4 is 4.72 Å². The van der Waals surface area contributed by atoms with E-state index in [0.29, 0.717) is 25.9 Å². The summed E-state index contributed by atoms with van der Waals surface area (Å²) < 4.78 is 41.5. The zero-order valence-corrected chi connectivity index (χ0v) is 12.8. The predicted octanol–water partition coefficient (Wildman–Crippen LogP) is 2.30. The number of halogens is 1. The Kier molecular flexibility index (Phi) is 6.10. The Morgan fingerprint density at radius 1 is 1.29 bits per heavy atom. The van der Waals surface area contributed by atoms with Crippen LogP contribution in [0.5, 0.6) is 0 Å². The van der Waals surface area contributed by atoms with Crippen LogP contribution in [0.4, 0.5) is 10.1 Å². The summed E-state index contributed by atoms with van der Waals surface area (Å²) in [5, 5.41) is 8.75. The van der Waals surface area contributed by atoms with Gasteiger partial charge in [-0.25, -0.2) is 9.18 Å². The molecule has 0 aliphatic rings. The fourth-order valence-corrected chi connectivity index (χ4v) is 3.20. The fraction of sp³-hybridized carbons (Fsp3) is 0.462. The molecule has 0 unspecified atom stereocenters. The summed E-state index contributed by atoms with van der Waals surface area (Å²) in [6.07, 6.45) is 1.28. The highest BCUT2D eigenvalue weighted by atomic mass is 32.2. The molecule has 0 aliphatic carbocycles. The maximum atomic E-state index is 13.8. The minimum atomic E-state index is -3.86. The molecule has 0 heterocycles. The van der Waals surface area contributed by atoms with Crippen molar-refractivity contribution in [3.05, 3.63) is 29.6 Å². The highest BCUT2D eigenvalue weighted by molar-refractivity contribution is 7.90. The third-order valence-corrected chi connectivity index (χ3v) is 4.26. The van der Waals surface area contributed by atoms with E-state index in [1.54, 1.807) is 0 Å². The Labute approximate surface area is 123 Å². The van der Waals surface area contributed by atoms with Crippen LogP contribution in [0.3, 0.4) is 0 Å². The molecule has 0 amide bonds. The van der Waals surface area contributed by atoms with E-state index in [0.717, 1.165) is 18.2 Å². The lowest BCUT2D eigenvalue weighted by atomic mass is 10.2. The summed E-state index contributed by atoms with van der Waals surface area (Å²) in [5.41, 5.74) is -0.508. The lowest BCUT2D eigenvalue weighted by Gasteiger charge is -2.21. The number of rotatable bonds is 8. The highest BCUT2D eigenvalue weighted by Crippen LogP contribution is 2.18. The number of aromatic carboxylic acids is 1. The molecule has 21 heavy (non-hydrogen) atoms.